The van der Waals surface area contributed by atoms with Crippen LogP contribution in [0.4, 0.5) is 0 Å². The third kappa shape index (κ3) is 1.96. The van der Waals surface area contributed by atoms with Crippen molar-refractivity contribution < 1.29 is 9.52 Å². The first-order valence-electron chi connectivity index (χ1n) is 4.77. The second kappa shape index (κ2) is 4.50. The SMILES string of the molecule is Cc1ccoc1C(O)c1cccc(Cl)c1Cl. The lowest BCUT2D eigenvalue weighted by Gasteiger charge is -2.12. The van der Waals surface area contributed by atoms with Gasteiger partial charge in [-0.3, -0.25) is 0 Å². The van der Waals surface area contributed by atoms with Crippen molar-refractivity contribution in [1.82, 2.24) is 0 Å². The fourth-order valence-corrected chi connectivity index (χ4v) is 1.95. The molecule has 2 nitrogen and oxygen atoms in total. The zero-order chi connectivity index (χ0) is 11.7. The molecule has 0 aliphatic carbocycles. The second-order valence-electron chi connectivity index (χ2n) is 3.51. The third-order valence-electron chi connectivity index (χ3n) is 2.43. The molecule has 1 heterocycles. The largest absolute Gasteiger partial charge is 0.466 e. The molecule has 0 radical (unpaired) electrons. The monoisotopic (exact) mass is 256 g/mol. The van der Waals surface area contributed by atoms with E-state index in [0.29, 0.717) is 21.4 Å². The maximum Gasteiger partial charge on any atom is 0.139 e. The Morgan fingerprint density at radius 1 is 1.25 bits per heavy atom. The van der Waals surface area contributed by atoms with Crippen LogP contribution in [0.15, 0.2) is 34.9 Å². The van der Waals surface area contributed by atoms with Crippen LogP contribution >= 0.6 is 23.2 Å². The molecule has 1 atom stereocenters. The van der Waals surface area contributed by atoms with Gasteiger partial charge in [-0.2, -0.15) is 0 Å². The molecule has 0 bridgehead atoms. The summed E-state index contributed by atoms with van der Waals surface area (Å²) >= 11 is 11.9. The standard InChI is InChI=1S/C12H10Cl2O2/c1-7-5-6-16-12(7)11(15)8-3-2-4-9(13)10(8)14/h2-6,11,15H,1H3. The van der Waals surface area contributed by atoms with Crippen LogP contribution in [0, 0.1) is 6.92 Å². The minimum Gasteiger partial charge on any atom is -0.466 e. The van der Waals surface area contributed by atoms with Crippen molar-refractivity contribution in [3.8, 4) is 0 Å². The molecule has 0 aliphatic rings. The maximum atomic E-state index is 10.1. The highest BCUT2D eigenvalue weighted by Gasteiger charge is 2.19. The van der Waals surface area contributed by atoms with Gasteiger partial charge in [-0.15, -0.1) is 0 Å². The van der Waals surface area contributed by atoms with E-state index in [9.17, 15) is 5.11 Å². The average Bonchev–Trinajstić information content (AvgIpc) is 2.68. The van der Waals surface area contributed by atoms with Crippen LogP contribution in [0.1, 0.15) is 23.0 Å². The van der Waals surface area contributed by atoms with E-state index < -0.39 is 6.10 Å². The second-order valence-corrected chi connectivity index (χ2v) is 4.30. The molecule has 2 aromatic rings. The fraction of sp³-hybridized carbons (Fsp3) is 0.167. The van der Waals surface area contributed by atoms with Gasteiger partial charge >= 0.3 is 0 Å². The minimum atomic E-state index is -0.888. The van der Waals surface area contributed by atoms with Crippen LogP contribution in [0.2, 0.25) is 10.0 Å². The van der Waals surface area contributed by atoms with Crippen LogP contribution in [0.5, 0.6) is 0 Å². The van der Waals surface area contributed by atoms with Gasteiger partial charge in [0.1, 0.15) is 11.9 Å². The van der Waals surface area contributed by atoms with Gasteiger partial charge in [0, 0.05) is 5.56 Å². The van der Waals surface area contributed by atoms with E-state index >= 15 is 0 Å². The fourth-order valence-electron chi connectivity index (χ4n) is 1.54. The molecule has 1 aromatic heterocycles. The minimum absolute atomic E-state index is 0.354. The summed E-state index contributed by atoms with van der Waals surface area (Å²) in [5, 5.41) is 10.9. The van der Waals surface area contributed by atoms with Gasteiger partial charge in [-0.05, 0) is 24.6 Å². The number of hydrogen-bond donors (Lipinski definition) is 1. The molecule has 84 valence electrons. The molecule has 0 amide bonds. The van der Waals surface area contributed by atoms with E-state index in [1.807, 2.05) is 6.92 Å². The predicted molar refractivity (Wildman–Crippen MR) is 64.0 cm³/mol. The quantitative estimate of drug-likeness (QED) is 0.882. The highest BCUT2D eigenvalue weighted by molar-refractivity contribution is 6.42. The Bertz CT molecular complexity index is 505. The maximum absolute atomic E-state index is 10.1. The number of aryl methyl sites for hydroxylation is 1. The lowest BCUT2D eigenvalue weighted by atomic mass is 10.1. The molecule has 0 spiro atoms. The van der Waals surface area contributed by atoms with Crippen molar-refractivity contribution in [3.63, 3.8) is 0 Å². The van der Waals surface area contributed by atoms with Gasteiger partial charge in [0.2, 0.25) is 0 Å². The van der Waals surface area contributed by atoms with Crippen LogP contribution in [-0.2, 0) is 0 Å². The molecular weight excluding hydrogens is 247 g/mol. The molecule has 16 heavy (non-hydrogen) atoms. The van der Waals surface area contributed by atoms with E-state index in [-0.39, 0.29) is 0 Å². The number of aliphatic hydroxyl groups is 1. The summed E-state index contributed by atoms with van der Waals surface area (Å²) in [6.45, 7) is 1.86. The summed E-state index contributed by atoms with van der Waals surface area (Å²) in [5.74, 6) is 0.490. The first kappa shape index (κ1) is 11.5. The Hall–Kier alpha value is -0.960. The summed E-state index contributed by atoms with van der Waals surface area (Å²) in [6.07, 6.45) is 0.646. The van der Waals surface area contributed by atoms with Gasteiger partial charge in [0.15, 0.2) is 0 Å². The lowest BCUT2D eigenvalue weighted by Crippen LogP contribution is -2.00. The summed E-state index contributed by atoms with van der Waals surface area (Å²) in [5.41, 5.74) is 1.43. The highest BCUT2D eigenvalue weighted by atomic mass is 35.5. The van der Waals surface area contributed by atoms with E-state index in [1.165, 1.54) is 6.26 Å². The summed E-state index contributed by atoms with van der Waals surface area (Å²) in [4.78, 5) is 0. The molecule has 0 aliphatic heterocycles. The van der Waals surface area contributed by atoms with Crippen molar-refractivity contribution >= 4 is 23.2 Å². The summed E-state index contributed by atoms with van der Waals surface area (Å²) in [6, 6.07) is 6.93. The van der Waals surface area contributed by atoms with Crippen LogP contribution < -0.4 is 0 Å². The number of benzene rings is 1. The molecule has 0 saturated heterocycles. The predicted octanol–water partition coefficient (Wildman–Crippen LogP) is 3.98. The van der Waals surface area contributed by atoms with Gasteiger partial charge in [0.25, 0.3) is 0 Å². The van der Waals surface area contributed by atoms with Crippen molar-refractivity contribution in [2.24, 2.45) is 0 Å². The van der Waals surface area contributed by atoms with Crippen LogP contribution in [0.3, 0.4) is 0 Å². The number of furan rings is 1. The van der Waals surface area contributed by atoms with Crippen molar-refractivity contribution in [2.75, 3.05) is 0 Å². The van der Waals surface area contributed by atoms with E-state index in [0.717, 1.165) is 5.56 Å². The Labute approximate surface area is 103 Å². The molecular formula is C12H10Cl2O2. The molecule has 1 aromatic carbocycles. The first-order valence-corrected chi connectivity index (χ1v) is 5.53. The summed E-state index contributed by atoms with van der Waals surface area (Å²) < 4.78 is 5.22. The van der Waals surface area contributed by atoms with Gasteiger partial charge < -0.3 is 9.52 Å². The Kier molecular flexibility index (Phi) is 3.24. The molecule has 1 N–H and O–H groups in total. The molecule has 0 saturated carbocycles. The number of rotatable bonds is 2. The summed E-state index contributed by atoms with van der Waals surface area (Å²) in [7, 11) is 0. The van der Waals surface area contributed by atoms with Crippen LogP contribution in [-0.4, -0.2) is 5.11 Å². The van der Waals surface area contributed by atoms with E-state index in [2.05, 4.69) is 0 Å². The Morgan fingerprint density at radius 3 is 2.62 bits per heavy atom. The average molecular weight is 257 g/mol. The number of hydrogen-bond acceptors (Lipinski definition) is 2. The van der Waals surface area contributed by atoms with Gasteiger partial charge in [-0.25, -0.2) is 0 Å². The third-order valence-corrected chi connectivity index (χ3v) is 3.26. The van der Waals surface area contributed by atoms with Crippen molar-refractivity contribution in [3.05, 3.63) is 57.5 Å². The first-order chi connectivity index (χ1) is 7.61. The zero-order valence-electron chi connectivity index (χ0n) is 8.58. The zero-order valence-corrected chi connectivity index (χ0v) is 10.1. The van der Waals surface area contributed by atoms with Gasteiger partial charge in [0.05, 0.1) is 16.3 Å². The molecule has 0 fully saturated rings. The smallest absolute Gasteiger partial charge is 0.139 e. The Morgan fingerprint density at radius 2 is 2.00 bits per heavy atom. The van der Waals surface area contributed by atoms with E-state index in [4.69, 9.17) is 27.6 Å². The van der Waals surface area contributed by atoms with Gasteiger partial charge in [-0.1, -0.05) is 35.3 Å². The van der Waals surface area contributed by atoms with Crippen LogP contribution in [0.25, 0.3) is 0 Å². The van der Waals surface area contributed by atoms with Crippen molar-refractivity contribution in [2.45, 2.75) is 13.0 Å². The highest BCUT2D eigenvalue weighted by Crippen LogP contribution is 2.34. The van der Waals surface area contributed by atoms with E-state index in [1.54, 1.807) is 24.3 Å². The Balaban J connectivity index is 2.46. The molecule has 1 unspecified atom stereocenters. The number of aliphatic hydroxyl groups excluding tert-OH is 1. The molecule has 2 rings (SSSR count). The number of halogens is 2. The molecule has 4 heteroatoms. The lowest BCUT2D eigenvalue weighted by molar-refractivity contribution is 0.188. The van der Waals surface area contributed by atoms with Crippen molar-refractivity contribution in [1.29, 1.82) is 0 Å². The topological polar surface area (TPSA) is 33.4 Å². The normalized spacial score (nSPS) is 12.8.